The summed E-state index contributed by atoms with van der Waals surface area (Å²) in [6, 6.07) is 0. The average molecular weight is 217 g/mol. The van der Waals surface area contributed by atoms with E-state index in [9.17, 15) is 4.21 Å². The molecular weight excluding hydrogens is 202 g/mol. The predicted octanol–water partition coefficient (Wildman–Crippen LogP) is 1.61. The molecule has 1 rings (SSSR count). The van der Waals surface area contributed by atoms with Crippen LogP contribution in [-0.4, -0.2) is 35.0 Å². The summed E-state index contributed by atoms with van der Waals surface area (Å²) >= 11 is 0. The molecule has 14 heavy (non-hydrogen) atoms. The molecule has 1 aliphatic heterocycles. The number of azide groups is 1. The third-order valence-electron chi connectivity index (χ3n) is 2.21. The minimum absolute atomic E-state index is 0.287. The molecular formula is C8H15N3O2S. The van der Waals surface area contributed by atoms with Gasteiger partial charge in [0.05, 0.1) is 0 Å². The highest BCUT2D eigenvalue weighted by Crippen LogP contribution is 2.13. The average Bonchev–Trinajstić information content (AvgIpc) is 2.25. The van der Waals surface area contributed by atoms with Crippen molar-refractivity contribution in [2.75, 3.05) is 25.5 Å². The van der Waals surface area contributed by atoms with E-state index in [1.165, 1.54) is 0 Å². The molecule has 1 heterocycles. The molecule has 1 unspecified atom stereocenters. The highest BCUT2D eigenvalue weighted by atomic mass is 32.2. The number of nitrogens with zero attached hydrogens (tertiary/aromatic N) is 3. The van der Waals surface area contributed by atoms with Crippen LogP contribution in [0.25, 0.3) is 10.4 Å². The van der Waals surface area contributed by atoms with Gasteiger partial charge in [-0.15, -0.1) is 0 Å². The summed E-state index contributed by atoms with van der Waals surface area (Å²) in [6.45, 7) is 1.91. The zero-order chi connectivity index (χ0) is 10.2. The summed E-state index contributed by atoms with van der Waals surface area (Å²) in [4.78, 5) is 2.65. The van der Waals surface area contributed by atoms with Crippen LogP contribution in [0.1, 0.15) is 19.3 Å². The van der Waals surface area contributed by atoms with Crippen LogP contribution in [0.2, 0.25) is 0 Å². The molecule has 0 aromatic rings. The molecule has 0 saturated carbocycles. The van der Waals surface area contributed by atoms with E-state index in [-0.39, 0.29) is 5.25 Å². The predicted molar refractivity (Wildman–Crippen MR) is 55.5 cm³/mol. The smallest absolute Gasteiger partial charge is 0.0477 e. The topological polar surface area (TPSA) is 75.1 Å². The van der Waals surface area contributed by atoms with Crippen LogP contribution in [0.4, 0.5) is 0 Å². The first-order valence-corrected chi connectivity index (χ1v) is 6.18. The molecule has 1 atom stereocenters. The molecule has 0 amide bonds. The van der Waals surface area contributed by atoms with E-state index >= 15 is 0 Å². The van der Waals surface area contributed by atoms with E-state index in [2.05, 4.69) is 10.0 Å². The molecule has 5 nitrogen and oxygen atoms in total. The number of ether oxygens (including phenoxy) is 1. The van der Waals surface area contributed by atoms with Crippen LogP contribution in [0, 0.1) is 0 Å². The number of hydrogen-bond donors (Lipinski definition) is 0. The van der Waals surface area contributed by atoms with Gasteiger partial charge in [-0.2, -0.15) is 0 Å². The summed E-state index contributed by atoms with van der Waals surface area (Å²) < 4.78 is 16.9. The summed E-state index contributed by atoms with van der Waals surface area (Å²) in [5.41, 5.74) is 8.05. The lowest BCUT2D eigenvalue weighted by Gasteiger charge is -2.21. The number of rotatable bonds is 5. The first kappa shape index (κ1) is 11.5. The Balaban J connectivity index is 2.16. The SMILES string of the molecule is [N-]=[N+]=NCCCS(=O)C1CCOCC1. The van der Waals surface area contributed by atoms with Crippen LogP contribution in [0.3, 0.4) is 0 Å². The fraction of sp³-hybridized carbons (Fsp3) is 1.00. The van der Waals surface area contributed by atoms with E-state index in [4.69, 9.17) is 10.3 Å². The van der Waals surface area contributed by atoms with E-state index in [1.54, 1.807) is 0 Å². The van der Waals surface area contributed by atoms with Crippen molar-refractivity contribution in [3.8, 4) is 0 Å². The van der Waals surface area contributed by atoms with Crippen LogP contribution in [-0.2, 0) is 15.5 Å². The zero-order valence-electron chi connectivity index (χ0n) is 8.09. The fourth-order valence-electron chi connectivity index (χ4n) is 1.43. The van der Waals surface area contributed by atoms with Gasteiger partial charge in [0.15, 0.2) is 0 Å². The van der Waals surface area contributed by atoms with Crippen molar-refractivity contribution in [3.63, 3.8) is 0 Å². The summed E-state index contributed by atoms with van der Waals surface area (Å²) in [5.74, 6) is 0.643. The Morgan fingerprint density at radius 1 is 1.50 bits per heavy atom. The molecule has 0 aromatic heterocycles. The Labute approximate surface area is 85.9 Å². The Bertz CT molecular complexity index is 235. The summed E-state index contributed by atoms with van der Waals surface area (Å²) in [7, 11) is -0.773. The Morgan fingerprint density at radius 2 is 2.21 bits per heavy atom. The Kier molecular flexibility index (Phi) is 5.59. The van der Waals surface area contributed by atoms with E-state index in [0.717, 1.165) is 26.1 Å². The van der Waals surface area contributed by atoms with Crippen LogP contribution >= 0.6 is 0 Å². The van der Waals surface area contributed by atoms with Gasteiger partial charge in [-0.3, -0.25) is 4.21 Å². The van der Waals surface area contributed by atoms with E-state index in [0.29, 0.717) is 18.7 Å². The third kappa shape index (κ3) is 4.09. The molecule has 0 bridgehead atoms. The second kappa shape index (κ2) is 6.81. The molecule has 0 N–H and O–H groups in total. The Morgan fingerprint density at radius 3 is 2.86 bits per heavy atom. The van der Waals surface area contributed by atoms with Gasteiger partial charge in [0, 0.05) is 46.5 Å². The normalized spacial score (nSPS) is 20.0. The number of hydrogen-bond acceptors (Lipinski definition) is 3. The van der Waals surface area contributed by atoms with Gasteiger partial charge in [0.25, 0.3) is 0 Å². The van der Waals surface area contributed by atoms with E-state index in [1.807, 2.05) is 0 Å². The van der Waals surface area contributed by atoms with Gasteiger partial charge >= 0.3 is 0 Å². The lowest BCUT2D eigenvalue weighted by Crippen LogP contribution is -2.26. The lowest BCUT2D eigenvalue weighted by atomic mass is 10.2. The minimum Gasteiger partial charge on any atom is -0.381 e. The van der Waals surface area contributed by atoms with Crippen molar-refractivity contribution in [1.29, 1.82) is 0 Å². The van der Waals surface area contributed by atoms with Crippen LogP contribution < -0.4 is 0 Å². The van der Waals surface area contributed by atoms with Gasteiger partial charge in [-0.25, -0.2) is 0 Å². The van der Waals surface area contributed by atoms with Crippen molar-refractivity contribution in [3.05, 3.63) is 10.4 Å². The van der Waals surface area contributed by atoms with Crippen molar-refractivity contribution >= 4 is 10.8 Å². The van der Waals surface area contributed by atoms with Gasteiger partial charge in [-0.05, 0) is 24.8 Å². The maximum atomic E-state index is 11.7. The first-order chi connectivity index (χ1) is 6.84. The largest absolute Gasteiger partial charge is 0.381 e. The van der Waals surface area contributed by atoms with Gasteiger partial charge < -0.3 is 4.74 Å². The molecule has 0 aromatic carbocycles. The molecule has 1 aliphatic rings. The summed E-state index contributed by atoms with van der Waals surface area (Å²) in [5, 5.41) is 3.70. The van der Waals surface area contributed by atoms with Crippen molar-refractivity contribution in [2.24, 2.45) is 5.11 Å². The van der Waals surface area contributed by atoms with Crippen molar-refractivity contribution in [1.82, 2.24) is 0 Å². The molecule has 0 aliphatic carbocycles. The van der Waals surface area contributed by atoms with Gasteiger partial charge in [-0.1, -0.05) is 5.11 Å². The van der Waals surface area contributed by atoms with Crippen molar-refractivity contribution in [2.45, 2.75) is 24.5 Å². The Hall–Kier alpha value is -0.580. The van der Waals surface area contributed by atoms with Crippen LogP contribution in [0.5, 0.6) is 0 Å². The highest BCUT2D eigenvalue weighted by Gasteiger charge is 2.19. The maximum absolute atomic E-state index is 11.7. The second-order valence-electron chi connectivity index (χ2n) is 3.20. The molecule has 1 fully saturated rings. The van der Waals surface area contributed by atoms with Crippen molar-refractivity contribution < 1.29 is 8.95 Å². The standard InChI is InChI=1S/C8H15N3O2S/c9-11-10-4-1-7-14(12)8-2-5-13-6-3-8/h8H,1-7H2. The van der Waals surface area contributed by atoms with Gasteiger partial charge in [0.2, 0.25) is 0 Å². The highest BCUT2D eigenvalue weighted by molar-refractivity contribution is 7.85. The van der Waals surface area contributed by atoms with Crippen LogP contribution in [0.15, 0.2) is 5.11 Å². The lowest BCUT2D eigenvalue weighted by molar-refractivity contribution is 0.0992. The summed E-state index contributed by atoms with van der Waals surface area (Å²) in [6.07, 6.45) is 2.51. The zero-order valence-corrected chi connectivity index (χ0v) is 8.91. The minimum atomic E-state index is -0.773. The fourth-order valence-corrected chi connectivity index (χ4v) is 2.89. The molecule has 0 spiro atoms. The molecule has 6 heteroatoms. The second-order valence-corrected chi connectivity index (χ2v) is 5.04. The molecule has 1 saturated heterocycles. The maximum Gasteiger partial charge on any atom is 0.0477 e. The monoisotopic (exact) mass is 217 g/mol. The van der Waals surface area contributed by atoms with E-state index < -0.39 is 10.8 Å². The van der Waals surface area contributed by atoms with Gasteiger partial charge in [0.1, 0.15) is 0 Å². The first-order valence-electron chi connectivity index (χ1n) is 4.80. The molecule has 0 radical (unpaired) electrons. The third-order valence-corrected chi connectivity index (χ3v) is 4.11. The molecule has 80 valence electrons. The quantitative estimate of drug-likeness (QED) is 0.303.